The number of pyridine rings is 1. The van der Waals surface area contributed by atoms with Crippen LogP contribution in [0.1, 0.15) is 52.5 Å². The van der Waals surface area contributed by atoms with E-state index in [0.717, 1.165) is 18.4 Å². The van der Waals surface area contributed by atoms with E-state index in [2.05, 4.69) is 19.9 Å². The molecule has 2 aliphatic carbocycles. The van der Waals surface area contributed by atoms with Gasteiger partial charge in [0.25, 0.3) is 5.92 Å². The number of nitrogens with one attached hydrogen (secondary N) is 1. The summed E-state index contributed by atoms with van der Waals surface area (Å²) in [4.78, 5) is 17.9. The van der Waals surface area contributed by atoms with Crippen LogP contribution in [0.2, 0.25) is 5.15 Å². The second kappa shape index (κ2) is 11.7. The number of amides is 1. The molecule has 1 saturated carbocycles. The smallest absolute Gasteiger partial charge is 0.368 e. The number of hydrogen-bond donors (Lipinski definition) is 2. The third kappa shape index (κ3) is 5.96. The Morgan fingerprint density at radius 2 is 1.78 bits per heavy atom. The third-order valence-electron chi connectivity index (χ3n) is 9.15. The quantitative estimate of drug-likeness (QED) is 0.132. The fourth-order valence-corrected chi connectivity index (χ4v) is 7.88. The van der Waals surface area contributed by atoms with E-state index >= 15 is 8.78 Å². The van der Waals surface area contributed by atoms with E-state index in [1.807, 2.05) is 0 Å². The van der Waals surface area contributed by atoms with E-state index in [1.165, 1.54) is 29.9 Å². The summed E-state index contributed by atoms with van der Waals surface area (Å²) in [7, 11) is -2.30. The lowest BCUT2D eigenvalue weighted by Gasteiger charge is -2.29. The molecule has 2 aromatic carbocycles. The summed E-state index contributed by atoms with van der Waals surface area (Å²) in [5.41, 5.74) is 2.86. The number of para-hydroxylation sites is 1. The molecule has 3 heterocycles. The Hall–Kier alpha value is -4.71. The molecule has 19 heteroatoms. The zero-order chi connectivity index (χ0) is 36.9. The fraction of sp³-hybridized carbons (Fsp3) is 0.312. The zero-order valence-electron chi connectivity index (χ0n) is 26.3. The van der Waals surface area contributed by atoms with Crippen molar-refractivity contribution in [2.75, 3.05) is 11.0 Å². The van der Waals surface area contributed by atoms with E-state index in [1.54, 1.807) is 12.1 Å². The molecule has 1 amide bonds. The number of nitrogens with zero attached hydrogens (tertiary/aromatic N) is 5. The van der Waals surface area contributed by atoms with Crippen LogP contribution in [0.5, 0.6) is 0 Å². The van der Waals surface area contributed by atoms with Gasteiger partial charge < -0.3 is 5.73 Å². The number of alkyl halides is 5. The molecule has 7 rings (SSSR count). The van der Waals surface area contributed by atoms with Crippen molar-refractivity contribution in [3.8, 4) is 11.1 Å². The zero-order valence-corrected chi connectivity index (χ0v) is 27.9. The van der Waals surface area contributed by atoms with Gasteiger partial charge in [0.2, 0.25) is 15.9 Å². The van der Waals surface area contributed by atoms with Crippen LogP contribution in [0.4, 0.5) is 36.6 Å². The van der Waals surface area contributed by atoms with Crippen LogP contribution in [-0.4, -0.2) is 45.1 Å². The van der Waals surface area contributed by atoms with Crippen LogP contribution < -0.4 is 10.5 Å². The maximum Gasteiger partial charge on any atom is 0.435 e. The Bertz CT molecular complexity index is 2360. The first-order valence-electron chi connectivity index (χ1n) is 15.2. The SMILES string of the molecule is Cn1nc(NS(C)(=O)=O)c2cccc(-c3ccc(Cl)nc3[C@@H](Cc3cc(F)cc(F)c3)C(C(N)=O)n3nc(C(F)(F)F)c4c3C(F)(F)[C@@H]3C[C@H]43)c21. The molecular formula is C32H25ClF7N7O3S. The van der Waals surface area contributed by atoms with Gasteiger partial charge in [0.15, 0.2) is 11.5 Å². The average molecular weight is 756 g/mol. The lowest BCUT2D eigenvalue weighted by molar-refractivity contribution is -0.142. The van der Waals surface area contributed by atoms with E-state index in [-0.39, 0.29) is 44.5 Å². The minimum Gasteiger partial charge on any atom is -0.368 e. The topological polar surface area (TPSA) is 138 Å². The van der Waals surface area contributed by atoms with Crippen molar-refractivity contribution in [3.05, 3.63) is 93.5 Å². The van der Waals surface area contributed by atoms with Crippen molar-refractivity contribution < 1.29 is 43.9 Å². The standard InChI is InChI=1S/C32H25ClF7N7O3S/c1-46-25-17(4-3-5-18(25)30(44-46)45-51(2,49)50)16-6-7-22(33)42-24(16)20(10-13-8-14(34)11-15(35)9-13)26(29(41)48)47-28-23(27(43-47)32(38,39)40)19-12-21(19)31(28,36)37/h3-9,11,19-21,26H,10,12H2,1-2H3,(H2,41,48)(H,44,45)/t19-,20+,21+,26?/m0/s1. The number of sulfonamides is 1. The molecule has 268 valence electrons. The maximum atomic E-state index is 15.8. The van der Waals surface area contributed by atoms with Crippen LogP contribution >= 0.6 is 11.6 Å². The van der Waals surface area contributed by atoms with Crippen LogP contribution in [0.15, 0.2) is 48.5 Å². The van der Waals surface area contributed by atoms with E-state index in [4.69, 9.17) is 17.3 Å². The summed E-state index contributed by atoms with van der Waals surface area (Å²) in [6, 6.07) is 7.70. The summed E-state index contributed by atoms with van der Waals surface area (Å²) in [5.74, 6) is -11.5. The number of carbonyl (C=O) groups excluding carboxylic acids is 1. The maximum absolute atomic E-state index is 15.8. The summed E-state index contributed by atoms with van der Waals surface area (Å²) < 4.78 is 132. The molecule has 51 heavy (non-hydrogen) atoms. The van der Waals surface area contributed by atoms with Crippen LogP contribution in [-0.2, 0) is 40.4 Å². The van der Waals surface area contributed by atoms with Crippen molar-refractivity contribution in [2.24, 2.45) is 18.7 Å². The van der Waals surface area contributed by atoms with Crippen molar-refractivity contribution in [3.63, 3.8) is 0 Å². The monoisotopic (exact) mass is 755 g/mol. The number of fused-ring (bicyclic) bond motifs is 4. The highest BCUT2D eigenvalue weighted by Gasteiger charge is 2.69. The number of rotatable bonds is 9. The summed E-state index contributed by atoms with van der Waals surface area (Å²) in [5, 5.41) is 7.94. The number of benzene rings is 2. The molecule has 10 nitrogen and oxygen atoms in total. The van der Waals surface area contributed by atoms with Crippen LogP contribution in [0, 0.1) is 17.6 Å². The Balaban J connectivity index is 1.51. The van der Waals surface area contributed by atoms with E-state index < -0.39 is 86.8 Å². The van der Waals surface area contributed by atoms with E-state index in [9.17, 15) is 35.2 Å². The molecule has 0 saturated heterocycles. The van der Waals surface area contributed by atoms with Gasteiger partial charge in [-0.3, -0.25) is 14.2 Å². The number of anilines is 1. The molecule has 0 aliphatic heterocycles. The normalized spacial score (nSPS) is 19.1. The highest BCUT2D eigenvalue weighted by Crippen LogP contribution is 2.69. The van der Waals surface area contributed by atoms with Crippen LogP contribution in [0.3, 0.4) is 0 Å². The number of aryl methyl sites for hydroxylation is 1. The Morgan fingerprint density at radius 1 is 1.10 bits per heavy atom. The van der Waals surface area contributed by atoms with Gasteiger partial charge in [0, 0.05) is 47.0 Å². The predicted octanol–water partition coefficient (Wildman–Crippen LogP) is 6.42. The van der Waals surface area contributed by atoms with E-state index in [0.29, 0.717) is 17.0 Å². The minimum absolute atomic E-state index is 0.0466. The molecule has 3 aromatic heterocycles. The second-order valence-electron chi connectivity index (χ2n) is 12.7. The molecule has 4 atom stereocenters. The summed E-state index contributed by atoms with van der Waals surface area (Å²) >= 11 is 6.35. The lowest BCUT2D eigenvalue weighted by atomic mass is 9.84. The second-order valence-corrected chi connectivity index (χ2v) is 14.8. The number of carbonyl (C=O) groups is 1. The van der Waals surface area contributed by atoms with Crippen molar-refractivity contribution >= 4 is 44.3 Å². The average Bonchev–Trinajstić information content (AvgIpc) is 3.54. The third-order valence-corrected chi connectivity index (χ3v) is 9.93. The number of halogens is 8. The molecule has 3 N–H and O–H groups in total. The molecule has 0 bridgehead atoms. The Morgan fingerprint density at radius 3 is 2.41 bits per heavy atom. The number of hydrogen-bond acceptors (Lipinski definition) is 6. The van der Waals surface area contributed by atoms with Gasteiger partial charge in [-0.25, -0.2) is 26.9 Å². The summed E-state index contributed by atoms with van der Waals surface area (Å²) in [6.07, 6.45) is -5.05. The molecule has 0 spiro atoms. The first kappa shape index (κ1) is 34.7. The first-order chi connectivity index (χ1) is 23.8. The lowest BCUT2D eigenvalue weighted by Crippen LogP contribution is -2.37. The number of primary amides is 1. The largest absolute Gasteiger partial charge is 0.435 e. The summed E-state index contributed by atoms with van der Waals surface area (Å²) in [6.45, 7) is 0. The van der Waals surface area contributed by atoms with Gasteiger partial charge in [-0.15, -0.1) is 0 Å². The minimum atomic E-state index is -5.18. The van der Waals surface area contributed by atoms with Gasteiger partial charge in [-0.2, -0.15) is 32.1 Å². The molecular weight excluding hydrogens is 731 g/mol. The highest BCUT2D eigenvalue weighted by molar-refractivity contribution is 7.92. The van der Waals surface area contributed by atoms with Gasteiger partial charge in [0.1, 0.15) is 28.5 Å². The highest BCUT2D eigenvalue weighted by atomic mass is 35.5. The molecule has 1 unspecified atom stereocenters. The van der Waals surface area contributed by atoms with Gasteiger partial charge in [-0.1, -0.05) is 23.7 Å². The van der Waals surface area contributed by atoms with Crippen molar-refractivity contribution in [1.29, 1.82) is 0 Å². The molecule has 0 radical (unpaired) electrons. The number of nitrogens with two attached hydrogens (primary N) is 1. The number of aromatic nitrogens is 5. The van der Waals surface area contributed by atoms with Crippen molar-refractivity contribution in [1.82, 2.24) is 24.5 Å². The van der Waals surface area contributed by atoms with Gasteiger partial charge >= 0.3 is 6.18 Å². The molecule has 2 aliphatic rings. The Labute approximate surface area is 289 Å². The van der Waals surface area contributed by atoms with Crippen LogP contribution in [0.25, 0.3) is 22.0 Å². The first-order valence-corrected chi connectivity index (χ1v) is 17.5. The molecule has 1 fully saturated rings. The molecule has 5 aromatic rings. The van der Waals surface area contributed by atoms with Gasteiger partial charge in [0.05, 0.1) is 17.5 Å². The fourth-order valence-electron chi connectivity index (χ4n) is 7.23. The Kier molecular flexibility index (Phi) is 7.94. The van der Waals surface area contributed by atoms with Gasteiger partial charge in [-0.05, 0) is 54.7 Å². The van der Waals surface area contributed by atoms with Crippen molar-refractivity contribution in [2.45, 2.75) is 42.8 Å². The predicted molar refractivity (Wildman–Crippen MR) is 170 cm³/mol.